The minimum absolute atomic E-state index is 0.000608. The number of amides is 2. The average Bonchev–Trinajstić information content (AvgIpc) is 2.92. The average molecular weight is 571 g/mol. The first kappa shape index (κ1) is 28.4. The molecule has 2 heterocycles. The van der Waals surface area contributed by atoms with E-state index < -0.39 is 35.7 Å². The Bertz CT molecular complexity index is 1630. The van der Waals surface area contributed by atoms with Crippen molar-refractivity contribution in [3.63, 3.8) is 0 Å². The summed E-state index contributed by atoms with van der Waals surface area (Å²) in [7, 11) is 1.29. The molecule has 0 fully saturated rings. The van der Waals surface area contributed by atoms with Crippen molar-refractivity contribution in [2.45, 2.75) is 18.9 Å². The molecule has 1 unspecified atom stereocenters. The Labute approximate surface area is 231 Å². The number of pyridine rings is 2. The van der Waals surface area contributed by atoms with E-state index in [-0.39, 0.29) is 45.1 Å². The molecule has 4 aromatic rings. The number of halogens is 4. The number of rotatable bonds is 9. The van der Waals surface area contributed by atoms with Gasteiger partial charge < -0.3 is 15.8 Å². The summed E-state index contributed by atoms with van der Waals surface area (Å²) in [6, 6.07) is 12.0. The monoisotopic (exact) mass is 570 g/mol. The summed E-state index contributed by atoms with van der Waals surface area (Å²) in [5.41, 5.74) is 4.24. The molecule has 0 aliphatic heterocycles. The third-order valence-corrected chi connectivity index (χ3v) is 6.31. The lowest BCUT2D eigenvalue weighted by Gasteiger charge is -2.22. The van der Waals surface area contributed by atoms with Crippen molar-refractivity contribution in [1.29, 1.82) is 0 Å². The summed E-state index contributed by atoms with van der Waals surface area (Å²) in [5, 5.41) is 2.71. The Hall–Kier alpha value is -4.64. The van der Waals surface area contributed by atoms with Crippen LogP contribution in [0.15, 0.2) is 77.9 Å². The van der Waals surface area contributed by atoms with E-state index in [4.69, 9.17) is 22.1 Å². The van der Waals surface area contributed by atoms with Gasteiger partial charge in [0.05, 0.1) is 18.9 Å². The summed E-state index contributed by atoms with van der Waals surface area (Å²) in [4.78, 5) is 42.4. The number of carbonyl (C=O) groups excluding carboxylic acids is 2. The number of nitrogens with two attached hydrogens (primary N) is 1. The summed E-state index contributed by atoms with van der Waals surface area (Å²) in [6.45, 7) is 0. The van der Waals surface area contributed by atoms with E-state index in [9.17, 15) is 27.6 Å². The number of anilines is 1. The number of nitrogens with one attached hydrogen (secondary N) is 1. The molecule has 2 amide bonds. The van der Waals surface area contributed by atoms with Crippen LogP contribution in [0.5, 0.6) is 5.75 Å². The van der Waals surface area contributed by atoms with Crippen molar-refractivity contribution < 1.29 is 27.5 Å². The lowest BCUT2D eigenvalue weighted by Crippen LogP contribution is -2.34. The van der Waals surface area contributed by atoms with Gasteiger partial charge in [0.15, 0.2) is 0 Å². The Kier molecular flexibility index (Phi) is 8.54. The number of carbonyl (C=O) groups is 2. The number of alkyl halides is 2. The highest BCUT2D eigenvalue weighted by Crippen LogP contribution is 2.37. The molecular formula is C28H22ClF3N4O4. The number of methoxy groups -OCH3 is 1. The highest BCUT2D eigenvalue weighted by atomic mass is 35.5. The van der Waals surface area contributed by atoms with Gasteiger partial charge in [-0.3, -0.25) is 23.9 Å². The van der Waals surface area contributed by atoms with Crippen LogP contribution in [0.4, 0.5) is 18.9 Å². The number of primary amides is 1. The molecule has 4 rings (SSSR count). The molecule has 0 saturated heterocycles. The quantitative estimate of drug-likeness (QED) is 0.288. The summed E-state index contributed by atoms with van der Waals surface area (Å²) < 4.78 is 48.3. The lowest BCUT2D eigenvalue weighted by atomic mass is 9.99. The van der Waals surface area contributed by atoms with Gasteiger partial charge in [0.25, 0.3) is 17.9 Å². The number of aromatic nitrogens is 2. The molecule has 2 aromatic heterocycles. The third kappa shape index (κ3) is 6.15. The summed E-state index contributed by atoms with van der Waals surface area (Å²) >= 11 is 6.05. The van der Waals surface area contributed by atoms with E-state index in [1.54, 1.807) is 18.2 Å². The molecule has 0 spiro atoms. The molecule has 0 aliphatic carbocycles. The fourth-order valence-corrected chi connectivity index (χ4v) is 4.32. The molecule has 0 bridgehead atoms. The lowest BCUT2D eigenvalue weighted by molar-refractivity contribution is -0.119. The van der Waals surface area contributed by atoms with Gasteiger partial charge >= 0.3 is 0 Å². The van der Waals surface area contributed by atoms with Gasteiger partial charge in [-0.1, -0.05) is 23.7 Å². The third-order valence-electron chi connectivity index (χ3n) is 6.07. The van der Waals surface area contributed by atoms with Crippen LogP contribution in [0, 0.1) is 5.82 Å². The van der Waals surface area contributed by atoms with Crippen LogP contribution in [0.3, 0.4) is 0 Å². The maximum absolute atomic E-state index is 14.3. The Morgan fingerprint density at radius 3 is 2.50 bits per heavy atom. The molecule has 0 saturated carbocycles. The molecule has 206 valence electrons. The Balaban J connectivity index is 1.80. The predicted molar refractivity (Wildman–Crippen MR) is 143 cm³/mol. The maximum atomic E-state index is 14.3. The van der Waals surface area contributed by atoms with Crippen molar-refractivity contribution in [1.82, 2.24) is 9.55 Å². The molecule has 2 aromatic carbocycles. The molecule has 0 aliphatic rings. The van der Waals surface area contributed by atoms with Gasteiger partial charge in [-0.15, -0.1) is 0 Å². The maximum Gasteiger partial charge on any atom is 0.264 e. The van der Waals surface area contributed by atoms with Crippen LogP contribution in [0.25, 0.3) is 11.1 Å². The SMILES string of the molecule is COc1cn(C(Cc2ccccn2)C(=O)Nc2ccc(C(N)=O)c(F)c2)c(=O)cc1-c1cc(Cl)ccc1C(F)F. The van der Waals surface area contributed by atoms with E-state index in [0.29, 0.717) is 5.69 Å². The second-order valence-electron chi connectivity index (χ2n) is 8.62. The standard InChI is InChI=1S/C28H22ClF3N4O4/c1-40-24-14-36(25(37)13-21(24)20-10-15(29)5-7-18(20)26(31)32)23(12-16-4-2-3-9-34-16)28(39)35-17-6-8-19(27(33)38)22(30)11-17/h2-11,13-14,23,26H,12H2,1H3,(H2,33,38)(H,35,39). The Morgan fingerprint density at radius 2 is 1.88 bits per heavy atom. The van der Waals surface area contributed by atoms with Crippen LogP contribution in [-0.2, 0) is 11.2 Å². The Morgan fingerprint density at radius 1 is 1.10 bits per heavy atom. The zero-order chi connectivity index (χ0) is 29.0. The van der Waals surface area contributed by atoms with Crippen molar-refractivity contribution >= 4 is 29.1 Å². The molecular weight excluding hydrogens is 549 g/mol. The van der Waals surface area contributed by atoms with E-state index in [2.05, 4.69) is 10.3 Å². The van der Waals surface area contributed by atoms with E-state index >= 15 is 0 Å². The number of hydrogen-bond acceptors (Lipinski definition) is 5. The number of hydrogen-bond donors (Lipinski definition) is 2. The molecule has 1 atom stereocenters. The smallest absolute Gasteiger partial charge is 0.264 e. The van der Waals surface area contributed by atoms with Gasteiger partial charge in [-0.2, -0.15) is 0 Å². The molecule has 3 N–H and O–H groups in total. The molecule has 8 nitrogen and oxygen atoms in total. The first-order valence-electron chi connectivity index (χ1n) is 11.8. The first-order chi connectivity index (χ1) is 19.1. The van der Waals surface area contributed by atoms with Crippen molar-refractivity contribution in [2.75, 3.05) is 12.4 Å². The van der Waals surface area contributed by atoms with E-state index in [1.165, 1.54) is 37.7 Å². The molecule has 12 heteroatoms. The topological polar surface area (TPSA) is 116 Å². The van der Waals surface area contributed by atoms with Gasteiger partial charge in [0, 0.05) is 46.2 Å². The normalized spacial score (nSPS) is 11.8. The largest absolute Gasteiger partial charge is 0.495 e. The van der Waals surface area contributed by atoms with Gasteiger partial charge in [-0.05, 0) is 48.0 Å². The van der Waals surface area contributed by atoms with E-state index in [0.717, 1.165) is 28.8 Å². The number of benzene rings is 2. The zero-order valence-electron chi connectivity index (χ0n) is 20.9. The predicted octanol–water partition coefficient (Wildman–Crippen LogP) is 5.17. The molecule has 40 heavy (non-hydrogen) atoms. The second-order valence-corrected chi connectivity index (χ2v) is 9.06. The highest BCUT2D eigenvalue weighted by Gasteiger charge is 2.26. The summed E-state index contributed by atoms with van der Waals surface area (Å²) in [5.74, 6) is -2.60. The minimum atomic E-state index is -2.86. The fourth-order valence-electron chi connectivity index (χ4n) is 4.15. The van der Waals surface area contributed by atoms with Crippen LogP contribution in [0.2, 0.25) is 5.02 Å². The van der Waals surface area contributed by atoms with Crippen molar-refractivity contribution in [3.05, 3.63) is 111 Å². The number of ether oxygens (including phenoxy) is 1. The van der Waals surface area contributed by atoms with Gasteiger partial charge in [-0.25, -0.2) is 13.2 Å². The number of nitrogens with zero attached hydrogens (tertiary/aromatic N) is 2. The summed E-state index contributed by atoms with van der Waals surface area (Å²) in [6.07, 6.45) is -0.170. The van der Waals surface area contributed by atoms with Crippen LogP contribution >= 0.6 is 11.6 Å². The second kappa shape index (κ2) is 12.0. The van der Waals surface area contributed by atoms with Gasteiger partial charge in [0.1, 0.15) is 17.6 Å². The van der Waals surface area contributed by atoms with Crippen LogP contribution < -0.4 is 21.3 Å². The zero-order valence-corrected chi connectivity index (χ0v) is 21.7. The van der Waals surface area contributed by atoms with E-state index in [1.807, 2.05) is 0 Å². The van der Waals surface area contributed by atoms with Crippen molar-refractivity contribution in [2.24, 2.45) is 5.73 Å². The van der Waals surface area contributed by atoms with Crippen LogP contribution in [0.1, 0.15) is 34.1 Å². The van der Waals surface area contributed by atoms with Gasteiger partial charge in [0.2, 0.25) is 5.91 Å². The highest BCUT2D eigenvalue weighted by molar-refractivity contribution is 6.30. The molecule has 0 radical (unpaired) electrons. The fraction of sp³-hybridized carbons (Fsp3) is 0.143. The van der Waals surface area contributed by atoms with Crippen LogP contribution in [-0.4, -0.2) is 28.5 Å². The van der Waals surface area contributed by atoms with Crippen molar-refractivity contribution in [3.8, 4) is 16.9 Å². The first-order valence-corrected chi connectivity index (χ1v) is 12.1. The minimum Gasteiger partial charge on any atom is -0.495 e.